The Labute approximate surface area is 194 Å². The van der Waals surface area contributed by atoms with Gasteiger partial charge >= 0.3 is 0 Å². The highest BCUT2D eigenvalue weighted by atomic mass is 35.5. The normalized spacial score (nSPS) is 11.5. The summed E-state index contributed by atoms with van der Waals surface area (Å²) in [6.07, 6.45) is 0. The second kappa shape index (κ2) is 9.57. The predicted octanol–water partition coefficient (Wildman–Crippen LogP) is 5.41. The lowest BCUT2D eigenvalue weighted by Gasteiger charge is -2.32. The molecule has 0 unspecified atom stereocenters. The van der Waals surface area contributed by atoms with Gasteiger partial charge in [0.15, 0.2) is 0 Å². The molecule has 0 atom stereocenters. The number of carbonyl (C=O) groups is 2. The Morgan fingerprint density at radius 2 is 1.69 bits per heavy atom. The van der Waals surface area contributed by atoms with Gasteiger partial charge in [-0.3, -0.25) is 9.59 Å². The van der Waals surface area contributed by atoms with Crippen molar-refractivity contribution in [2.24, 2.45) is 5.41 Å². The number of hydrogen-bond donors (Lipinski definition) is 1. The fourth-order valence-corrected chi connectivity index (χ4v) is 3.50. The number of nitrogens with zero attached hydrogens (tertiary/aromatic N) is 3. The van der Waals surface area contributed by atoms with Gasteiger partial charge in [0.05, 0.1) is 16.4 Å². The highest BCUT2D eigenvalue weighted by Crippen LogP contribution is 2.28. The average Bonchev–Trinajstić information content (AvgIpc) is 3.15. The predicted molar refractivity (Wildman–Crippen MR) is 129 cm³/mol. The largest absolute Gasteiger partial charge is 0.330 e. The minimum atomic E-state index is -0.579. The van der Waals surface area contributed by atoms with Gasteiger partial charge in [0, 0.05) is 23.1 Å². The zero-order chi connectivity index (χ0) is 23.5. The third-order valence-electron chi connectivity index (χ3n) is 4.97. The van der Waals surface area contributed by atoms with E-state index in [-0.39, 0.29) is 24.4 Å². The van der Waals surface area contributed by atoms with Crippen LogP contribution in [0, 0.1) is 5.41 Å². The molecule has 0 aliphatic carbocycles. The quantitative estimate of drug-likeness (QED) is 0.543. The first-order valence-corrected chi connectivity index (χ1v) is 11.0. The van der Waals surface area contributed by atoms with Gasteiger partial charge in [0.1, 0.15) is 12.4 Å². The van der Waals surface area contributed by atoms with E-state index in [9.17, 15) is 9.59 Å². The number of aromatic nitrogens is 2. The molecule has 0 aliphatic heterocycles. The Hall–Kier alpha value is -3.12. The summed E-state index contributed by atoms with van der Waals surface area (Å²) in [6, 6.07) is 18.7. The van der Waals surface area contributed by atoms with E-state index in [4.69, 9.17) is 16.7 Å². The van der Waals surface area contributed by atoms with Crippen LogP contribution < -0.4 is 5.32 Å². The highest BCUT2D eigenvalue weighted by molar-refractivity contribution is 6.32. The smallest absolute Gasteiger partial charge is 0.245 e. The van der Waals surface area contributed by atoms with Crippen molar-refractivity contribution in [3.05, 3.63) is 65.7 Å². The topological polar surface area (TPSA) is 67.2 Å². The third kappa shape index (κ3) is 5.37. The van der Waals surface area contributed by atoms with Crippen molar-refractivity contribution in [2.45, 2.75) is 40.7 Å². The van der Waals surface area contributed by atoms with Crippen LogP contribution in [0.25, 0.3) is 16.9 Å². The number of rotatable bonds is 6. The number of para-hydroxylation sites is 1. The summed E-state index contributed by atoms with van der Waals surface area (Å²) in [5, 5.41) is 8.13. The molecule has 0 fully saturated rings. The first-order chi connectivity index (χ1) is 15.1. The first-order valence-electron chi connectivity index (χ1n) is 10.6. The fraction of sp³-hybridized carbons (Fsp3) is 0.320. The molecular weight excluding hydrogens is 424 g/mol. The molecule has 0 radical (unpaired) electrons. The van der Waals surface area contributed by atoms with E-state index >= 15 is 0 Å². The standard InChI is InChI=1S/C25H29ClN4O2/c1-17(2)29(24(32)25(3,4)5)16-23(31)27-22-15-20(18-11-7-6-8-12-18)28-30(22)21-14-10-9-13-19(21)26/h6-15,17H,16H2,1-5H3,(H,27,31). The summed E-state index contributed by atoms with van der Waals surface area (Å²) in [7, 11) is 0. The van der Waals surface area contributed by atoms with Crippen LogP contribution in [0.2, 0.25) is 5.02 Å². The van der Waals surface area contributed by atoms with E-state index in [0.29, 0.717) is 22.2 Å². The molecule has 1 aromatic heterocycles. The monoisotopic (exact) mass is 452 g/mol. The molecule has 2 amide bonds. The van der Waals surface area contributed by atoms with Crippen molar-refractivity contribution >= 4 is 29.2 Å². The lowest BCUT2D eigenvalue weighted by Crippen LogP contribution is -2.47. The van der Waals surface area contributed by atoms with E-state index in [1.54, 1.807) is 15.6 Å². The summed E-state index contributed by atoms with van der Waals surface area (Å²) in [4.78, 5) is 27.4. The molecule has 3 aromatic rings. The molecule has 1 N–H and O–H groups in total. The molecule has 0 saturated carbocycles. The number of hydrogen-bond acceptors (Lipinski definition) is 3. The number of amides is 2. The molecule has 32 heavy (non-hydrogen) atoms. The number of nitrogens with one attached hydrogen (secondary N) is 1. The maximum atomic E-state index is 13.0. The van der Waals surface area contributed by atoms with Crippen LogP contribution >= 0.6 is 11.6 Å². The van der Waals surface area contributed by atoms with Crippen LogP contribution in [-0.4, -0.2) is 39.1 Å². The molecule has 3 rings (SSSR count). The van der Waals surface area contributed by atoms with Crippen LogP contribution in [0.4, 0.5) is 5.82 Å². The van der Waals surface area contributed by atoms with Gasteiger partial charge in [0.2, 0.25) is 11.8 Å². The van der Waals surface area contributed by atoms with E-state index in [2.05, 4.69) is 5.32 Å². The minimum absolute atomic E-state index is 0.0534. The second-order valence-electron chi connectivity index (χ2n) is 8.97. The lowest BCUT2D eigenvalue weighted by atomic mass is 9.94. The van der Waals surface area contributed by atoms with E-state index < -0.39 is 5.41 Å². The summed E-state index contributed by atoms with van der Waals surface area (Å²) in [5.74, 6) is 0.102. The van der Waals surface area contributed by atoms with Crippen LogP contribution in [0.5, 0.6) is 0 Å². The van der Waals surface area contributed by atoms with Crippen molar-refractivity contribution in [3.63, 3.8) is 0 Å². The third-order valence-corrected chi connectivity index (χ3v) is 5.29. The van der Waals surface area contributed by atoms with Gasteiger partial charge in [-0.05, 0) is 26.0 Å². The van der Waals surface area contributed by atoms with Crippen molar-refractivity contribution in [1.82, 2.24) is 14.7 Å². The van der Waals surface area contributed by atoms with Gasteiger partial charge < -0.3 is 10.2 Å². The summed E-state index contributed by atoms with van der Waals surface area (Å²) >= 11 is 6.41. The minimum Gasteiger partial charge on any atom is -0.330 e. The number of anilines is 1. The molecule has 1 heterocycles. The van der Waals surface area contributed by atoms with Gasteiger partial charge in [-0.1, -0.05) is 74.8 Å². The molecule has 168 valence electrons. The molecule has 6 nitrogen and oxygen atoms in total. The number of benzene rings is 2. The van der Waals surface area contributed by atoms with Gasteiger partial charge in [0.25, 0.3) is 0 Å². The van der Waals surface area contributed by atoms with Crippen molar-refractivity contribution in [3.8, 4) is 16.9 Å². The Balaban J connectivity index is 1.94. The fourth-order valence-electron chi connectivity index (χ4n) is 3.28. The van der Waals surface area contributed by atoms with E-state index in [1.807, 2.05) is 89.2 Å². The van der Waals surface area contributed by atoms with E-state index in [0.717, 1.165) is 5.56 Å². The maximum Gasteiger partial charge on any atom is 0.245 e. The second-order valence-corrected chi connectivity index (χ2v) is 9.38. The lowest BCUT2D eigenvalue weighted by molar-refractivity contribution is -0.143. The Morgan fingerprint density at radius 3 is 2.28 bits per heavy atom. The van der Waals surface area contributed by atoms with Gasteiger partial charge in [-0.25, -0.2) is 4.68 Å². The molecule has 0 spiro atoms. The first kappa shape index (κ1) is 23.5. The molecule has 2 aromatic carbocycles. The molecule has 0 bridgehead atoms. The van der Waals surface area contributed by atoms with E-state index in [1.165, 1.54) is 0 Å². The van der Waals surface area contributed by atoms with Crippen molar-refractivity contribution in [2.75, 3.05) is 11.9 Å². The Bertz CT molecular complexity index is 1100. The van der Waals surface area contributed by atoms with Crippen molar-refractivity contribution < 1.29 is 9.59 Å². The number of carbonyl (C=O) groups excluding carboxylic acids is 2. The van der Waals surface area contributed by atoms with Crippen LogP contribution in [0.3, 0.4) is 0 Å². The average molecular weight is 453 g/mol. The van der Waals surface area contributed by atoms with Gasteiger partial charge in [-0.15, -0.1) is 0 Å². The summed E-state index contributed by atoms with van der Waals surface area (Å²) in [6.45, 7) is 9.29. The zero-order valence-corrected chi connectivity index (χ0v) is 19.8. The van der Waals surface area contributed by atoms with Crippen LogP contribution in [-0.2, 0) is 9.59 Å². The SMILES string of the molecule is CC(C)N(CC(=O)Nc1cc(-c2ccccc2)nn1-c1ccccc1Cl)C(=O)C(C)(C)C. The Kier molecular flexibility index (Phi) is 7.04. The highest BCUT2D eigenvalue weighted by Gasteiger charge is 2.30. The maximum absolute atomic E-state index is 13.0. The molecule has 7 heteroatoms. The zero-order valence-electron chi connectivity index (χ0n) is 19.1. The Morgan fingerprint density at radius 1 is 1.06 bits per heavy atom. The molecule has 0 saturated heterocycles. The molecular formula is C25H29ClN4O2. The van der Waals surface area contributed by atoms with Crippen molar-refractivity contribution in [1.29, 1.82) is 0 Å². The van der Waals surface area contributed by atoms with Crippen LogP contribution in [0.1, 0.15) is 34.6 Å². The number of halogens is 1. The molecule has 0 aliphatic rings. The summed E-state index contributed by atoms with van der Waals surface area (Å²) in [5.41, 5.74) is 1.69. The van der Waals surface area contributed by atoms with Crippen LogP contribution in [0.15, 0.2) is 60.7 Å². The van der Waals surface area contributed by atoms with Gasteiger partial charge in [-0.2, -0.15) is 5.10 Å². The summed E-state index contributed by atoms with van der Waals surface area (Å²) < 4.78 is 1.62.